The highest BCUT2D eigenvalue weighted by atomic mass is 32.1. The molecule has 3 aromatic heterocycles. The molecule has 0 bridgehead atoms. The van der Waals surface area contributed by atoms with Gasteiger partial charge in [-0.3, -0.25) is 19.9 Å². The SMILES string of the molecule is COc1cnc(C(F)F)cc1-c1cc(NC(=O)/C=C\C=N)ncc1C(=O)Nc1nnc(C#CC2CC2)s1. The van der Waals surface area contributed by atoms with E-state index in [-0.39, 0.29) is 33.4 Å². The van der Waals surface area contributed by atoms with Crippen molar-refractivity contribution in [1.82, 2.24) is 20.2 Å². The number of aromatic nitrogens is 4. The van der Waals surface area contributed by atoms with E-state index in [1.54, 1.807) is 0 Å². The van der Waals surface area contributed by atoms with Crippen molar-refractivity contribution in [3.05, 3.63) is 52.9 Å². The predicted molar refractivity (Wildman–Crippen MR) is 133 cm³/mol. The minimum absolute atomic E-state index is 0.00133. The molecule has 3 N–H and O–H groups in total. The van der Waals surface area contributed by atoms with Gasteiger partial charge in [0.2, 0.25) is 11.0 Å². The van der Waals surface area contributed by atoms with Gasteiger partial charge in [-0.05, 0) is 37.0 Å². The molecule has 1 aliphatic rings. The van der Waals surface area contributed by atoms with E-state index in [1.165, 1.54) is 25.4 Å². The number of ether oxygens (including phenoxy) is 1. The lowest BCUT2D eigenvalue weighted by Gasteiger charge is -2.15. The predicted octanol–water partition coefficient (Wildman–Crippen LogP) is 4.10. The Morgan fingerprint density at radius 2 is 2.00 bits per heavy atom. The third kappa shape index (κ3) is 6.56. The maximum atomic E-state index is 13.4. The maximum absolute atomic E-state index is 13.4. The Kier molecular flexibility index (Phi) is 7.89. The Hall–Kier alpha value is -4.57. The molecule has 188 valence electrons. The highest BCUT2D eigenvalue weighted by Crippen LogP contribution is 2.36. The standard InChI is InChI=1S/C24H19F2N7O3S/c1-36-18-12-28-17(22(25)26)9-15(18)14-10-19(30-20(34)3-2-8-27)29-11-16(14)23(35)31-24-33-32-21(37-24)7-6-13-4-5-13/h2-3,8-13,22,27H,4-5H2,1H3,(H,29,30,34)(H,31,33,35)/b3-2-,27-8?. The molecular weight excluding hydrogens is 504 g/mol. The average molecular weight is 524 g/mol. The van der Waals surface area contributed by atoms with Gasteiger partial charge in [-0.2, -0.15) is 0 Å². The highest BCUT2D eigenvalue weighted by molar-refractivity contribution is 7.15. The molecular formula is C24H19F2N7O3S. The second-order valence-corrected chi connectivity index (χ2v) is 8.63. The third-order valence-electron chi connectivity index (χ3n) is 4.97. The lowest BCUT2D eigenvalue weighted by molar-refractivity contribution is -0.111. The van der Waals surface area contributed by atoms with Crippen LogP contribution in [0.4, 0.5) is 19.7 Å². The lowest BCUT2D eigenvalue weighted by atomic mass is 10.00. The second-order valence-electron chi connectivity index (χ2n) is 7.65. The van der Waals surface area contributed by atoms with Crippen molar-refractivity contribution in [2.75, 3.05) is 17.7 Å². The molecule has 0 saturated heterocycles. The van der Waals surface area contributed by atoms with Crippen LogP contribution in [-0.2, 0) is 4.79 Å². The summed E-state index contributed by atoms with van der Waals surface area (Å²) in [5.41, 5.74) is -0.238. The second kappa shape index (κ2) is 11.4. The fraction of sp³-hybridized carbons (Fsp3) is 0.208. The summed E-state index contributed by atoms with van der Waals surface area (Å²) in [6, 6.07) is 2.46. The van der Waals surface area contributed by atoms with Crippen molar-refractivity contribution < 1.29 is 23.1 Å². The lowest BCUT2D eigenvalue weighted by Crippen LogP contribution is -2.15. The normalized spacial score (nSPS) is 12.6. The molecule has 3 aromatic rings. The van der Waals surface area contributed by atoms with Crippen molar-refractivity contribution in [2.45, 2.75) is 19.3 Å². The fourth-order valence-corrected chi connectivity index (χ4v) is 3.66. The van der Waals surface area contributed by atoms with E-state index in [0.29, 0.717) is 10.9 Å². The summed E-state index contributed by atoms with van der Waals surface area (Å²) >= 11 is 1.10. The maximum Gasteiger partial charge on any atom is 0.280 e. The number of nitrogens with zero attached hydrogens (tertiary/aromatic N) is 4. The largest absolute Gasteiger partial charge is 0.494 e. The van der Waals surface area contributed by atoms with E-state index < -0.39 is 23.9 Å². The summed E-state index contributed by atoms with van der Waals surface area (Å²) in [6.07, 6.45) is 4.82. The number of carbonyl (C=O) groups is 2. The summed E-state index contributed by atoms with van der Waals surface area (Å²) in [5.74, 6) is 5.31. The first-order valence-corrected chi connectivity index (χ1v) is 11.7. The van der Waals surface area contributed by atoms with Gasteiger partial charge < -0.3 is 15.5 Å². The smallest absolute Gasteiger partial charge is 0.280 e. The van der Waals surface area contributed by atoms with Gasteiger partial charge in [0.15, 0.2) is 5.01 Å². The van der Waals surface area contributed by atoms with Crippen LogP contribution in [-0.4, -0.2) is 45.3 Å². The van der Waals surface area contributed by atoms with Gasteiger partial charge in [0.05, 0.1) is 18.9 Å². The molecule has 0 aliphatic heterocycles. The summed E-state index contributed by atoms with van der Waals surface area (Å²) in [4.78, 5) is 33.1. The van der Waals surface area contributed by atoms with Crippen molar-refractivity contribution in [1.29, 1.82) is 5.41 Å². The van der Waals surface area contributed by atoms with Gasteiger partial charge in [-0.15, -0.1) is 10.2 Å². The molecule has 0 aromatic carbocycles. The number of carbonyl (C=O) groups excluding carboxylic acids is 2. The van der Waals surface area contributed by atoms with Crippen LogP contribution in [0.15, 0.2) is 36.7 Å². The number of hydrogen-bond donors (Lipinski definition) is 3. The van der Waals surface area contributed by atoms with Crippen LogP contribution in [0.5, 0.6) is 5.75 Å². The molecule has 0 unspecified atom stereocenters. The molecule has 4 rings (SSSR count). The molecule has 0 radical (unpaired) electrons. The van der Waals surface area contributed by atoms with Gasteiger partial charge in [-0.25, -0.2) is 13.8 Å². The molecule has 1 fully saturated rings. The molecule has 13 heteroatoms. The quantitative estimate of drug-likeness (QED) is 0.229. The van der Waals surface area contributed by atoms with Crippen LogP contribution in [0.1, 0.15) is 40.3 Å². The zero-order valence-electron chi connectivity index (χ0n) is 19.3. The van der Waals surface area contributed by atoms with E-state index in [4.69, 9.17) is 10.1 Å². The van der Waals surface area contributed by atoms with Crippen LogP contribution in [0.25, 0.3) is 11.1 Å². The molecule has 0 atom stereocenters. The van der Waals surface area contributed by atoms with Crippen molar-refractivity contribution in [3.8, 4) is 28.7 Å². The Labute approximate surface area is 213 Å². The van der Waals surface area contributed by atoms with Gasteiger partial charge in [0, 0.05) is 35.5 Å². The molecule has 1 saturated carbocycles. The molecule has 10 nitrogen and oxygen atoms in total. The first-order chi connectivity index (χ1) is 17.9. The van der Waals surface area contributed by atoms with Crippen molar-refractivity contribution in [2.24, 2.45) is 5.92 Å². The number of alkyl halides is 2. The number of halogens is 2. The van der Waals surface area contributed by atoms with Gasteiger partial charge >= 0.3 is 0 Å². The number of methoxy groups -OCH3 is 1. The molecule has 2 amide bonds. The van der Waals surface area contributed by atoms with Gasteiger partial charge in [0.1, 0.15) is 17.3 Å². The Bertz CT molecular complexity index is 1440. The van der Waals surface area contributed by atoms with Crippen LogP contribution in [0, 0.1) is 23.2 Å². The number of anilines is 2. The molecule has 0 spiro atoms. The van der Waals surface area contributed by atoms with Crippen molar-refractivity contribution in [3.63, 3.8) is 0 Å². The van der Waals surface area contributed by atoms with E-state index in [9.17, 15) is 18.4 Å². The molecule has 3 heterocycles. The van der Waals surface area contributed by atoms with E-state index in [0.717, 1.165) is 48.7 Å². The highest BCUT2D eigenvalue weighted by Gasteiger charge is 2.22. The minimum Gasteiger partial charge on any atom is -0.494 e. The number of rotatable bonds is 8. The third-order valence-corrected chi connectivity index (χ3v) is 5.73. The number of nitrogens with one attached hydrogen (secondary N) is 3. The first-order valence-electron chi connectivity index (χ1n) is 10.8. The molecule has 37 heavy (non-hydrogen) atoms. The van der Waals surface area contributed by atoms with Crippen LogP contribution in [0.3, 0.4) is 0 Å². The van der Waals surface area contributed by atoms with Crippen molar-refractivity contribution >= 4 is 40.3 Å². The van der Waals surface area contributed by atoms with Crippen LogP contribution in [0.2, 0.25) is 0 Å². The molecule has 1 aliphatic carbocycles. The number of amides is 2. The van der Waals surface area contributed by atoms with E-state index in [1.807, 2.05) is 0 Å². The zero-order chi connectivity index (χ0) is 26.4. The number of allylic oxidation sites excluding steroid dienone is 1. The number of hydrogen-bond acceptors (Lipinski definition) is 9. The summed E-state index contributed by atoms with van der Waals surface area (Å²) in [5, 5.41) is 20.6. The monoisotopic (exact) mass is 523 g/mol. The Morgan fingerprint density at radius 3 is 2.70 bits per heavy atom. The first kappa shape index (κ1) is 25.5. The number of pyridine rings is 2. The fourth-order valence-electron chi connectivity index (χ4n) is 3.06. The summed E-state index contributed by atoms with van der Waals surface area (Å²) in [7, 11) is 1.33. The Balaban J connectivity index is 1.71. The van der Waals surface area contributed by atoms with E-state index >= 15 is 0 Å². The van der Waals surface area contributed by atoms with Gasteiger partial charge in [0.25, 0.3) is 12.3 Å². The van der Waals surface area contributed by atoms with Gasteiger partial charge in [-0.1, -0.05) is 17.3 Å². The zero-order valence-corrected chi connectivity index (χ0v) is 20.1. The summed E-state index contributed by atoms with van der Waals surface area (Å²) in [6.45, 7) is 0. The van der Waals surface area contributed by atoms with Crippen LogP contribution < -0.4 is 15.4 Å². The van der Waals surface area contributed by atoms with Crippen LogP contribution >= 0.6 is 11.3 Å². The minimum atomic E-state index is -2.87. The van der Waals surface area contributed by atoms with E-state index in [2.05, 4.69) is 42.6 Å². The average Bonchev–Trinajstić information content (AvgIpc) is 3.63. The topological polar surface area (TPSA) is 143 Å². The summed E-state index contributed by atoms with van der Waals surface area (Å²) < 4.78 is 32.2. The Morgan fingerprint density at radius 1 is 1.19 bits per heavy atom.